The Morgan fingerprint density at radius 1 is 1.06 bits per heavy atom. The van der Waals surface area contributed by atoms with Crippen LogP contribution in [0.4, 0.5) is 0 Å². The number of nitrogens with zero attached hydrogens (tertiary/aromatic N) is 1. The van der Waals surface area contributed by atoms with Crippen LogP contribution in [0.3, 0.4) is 0 Å². The van der Waals surface area contributed by atoms with Crippen molar-refractivity contribution in [2.75, 3.05) is 52.7 Å². The van der Waals surface area contributed by atoms with E-state index in [1.807, 2.05) is 0 Å². The Hall–Kier alpha value is -0.160. The van der Waals surface area contributed by atoms with Crippen molar-refractivity contribution in [2.24, 2.45) is 11.8 Å². The molecule has 0 saturated carbocycles. The summed E-state index contributed by atoms with van der Waals surface area (Å²) in [7, 11) is 0. The van der Waals surface area contributed by atoms with E-state index in [1.54, 1.807) is 0 Å². The Balaban J connectivity index is 1.78. The third-order valence-electron chi connectivity index (χ3n) is 3.76. The van der Waals surface area contributed by atoms with Crippen molar-refractivity contribution in [3.05, 3.63) is 0 Å². The van der Waals surface area contributed by atoms with Gasteiger partial charge in [0.25, 0.3) is 0 Å². The molecule has 0 aromatic carbocycles. The Morgan fingerprint density at radius 3 is 2.31 bits per heavy atom. The van der Waals surface area contributed by atoms with E-state index in [4.69, 9.17) is 9.47 Å². The van der Waals surface area contributed by atoms with Crippen LogP contribution in [0.25, 0.3) is 0 Å². The van der Waals surface area contributed by atoms with Crippen molar-refractivity contribution < 1.29 is 14.6 Å². The van der Waals surface area contributed by atoms with Crippen LogP contribution >= 0.6 is 0 Å². The normalized spacial score (nSPS) is 26.8. The summed E-state index contributed by atoms with van der Waals surface area (Å²) in [5, 5.41) is 9.51. The lowest BCUT2D eigenvalue weighted by Gasteiger charge is -2.34. The number of hydrogen-bond acceptors (Lipinski definition) is 4. The first-order valence-corrected chi connectivity index (χ1v) is 6.39. The standard InChI is InChI=1S/C12H23NO3/c14-10-12(11-1-5-15-6-2-11)9-13-3-7-16-8-4-13/h11-12,14H,1-10H2. The van der Waals surface area contributed by atoms with E-state index in [-0.39, 0.29) is 0 Å². The molecule has 0 aliphatic carbocycles. The molecule has 1 unspecified atom stereocenters. The van der Waals surface area contributed by atoms with Gasteiger partial charge in [0, 0.05) is 39.5 Å². The van der Waals surface area contributed by atoms with Crippen LogP contribution in [-0.4, -0.2) is 62.7 Å². The van der Waals surface area contributed by atoms with E-state index in [9.17, 15) is 5.11 Å². The highest BCUT2D eigenvalue weighted by molar-refractivity contribution is 4.76. The van der Waals surface area contributed by atoms with E-state index in [0.717, 1.165) is 58.9 Å². The fourth-order valence-electron chi connectivity index (χ4n) is 2.66. The molecule has 0 aromatic rings. The summed E-state index contributed by atoms with van der Waals surface area (Å²) >= 11 is 0. The number of hydrogen-bond donors (Lipinski definition) is 1. The monoisotopic (exact) mass is 229 g/mol. The first-order valence-electron chi connectivity index (χ1n) is 6.39. The molecule has 1 N–H and O–H groups in total. The SMILES string of the molecule is OCC(CN1CCOCC1)C1CCOCC1. The number of ether oxygens (including phenoxy) is 2. The quantitative estimate of drug-likeness (QED) is 0.755. The third-order valence-corrected chi connectivity index (χ3v) is 3.76. The maximum Gasteiger partial charge on any atom is 0.0594 e. The molecule has 16 heavy (non-hydrogen) atoms. The highest BCUT2D eigenvalue weighted by Crippen LogP contribution is 2.24. The Morgan fingerprint density at radius 2 is 1.69 bits per heavy atom. The fraction of sp³-hybridized carbons (Fsp3) is 1.00. The van der Waals surface area contributed by atoms with Crippen LogP contribution in [0.15, 0.2) is 0 Å². The molecule has 2 saturated heterocycles. The van der Waals surface area contributed by atoms with Crippen LogP contribution in [0.5, 0.6) is 0 Å². The summed E-state index contributed by atoms with van der Waals surface area (Å²) < 4.78 is 10.7. The molecular formula is C12H23NO3. The van der Waals surface area contributed by atoms with E-state index in [2.05, 4.69) is 4.90 Å². The zero-order valence-corrected chi connectivity index (χ0v) is 9.94. The number of morpholine rings is 1. The summed E-state index contributed by atoms with van der Waals surface area (Å²) in [6.07, 6.45) is 2.21. The van der Waals surface area contributed by atoms with E-state index >= 15 is 0 Å². The molecular weight excluding hydrogens is 206 g/mol. The van der Waals surface area contributed by atoms with Gasteiger partial charge in [-0.05, 0) is 24.7 Å². The van der Waals surface area contributed by atoms with Gasteiger partial charge in [-0.25, -0.2) is 0 Å². The molecule has 0 spiro atoms. The molecule has 2 aliphatic heterocycles. The van der Waals surface area contributed by atoms with Crippen molar-refractivity contribution >= 4 is 0 Å². The van der Waals surface area contributed by atoms with Crippen molar-refractivity contribution in [2.45, 2.75) is 12.8 Å². The Labute approximate surface area is 97.5 Å². The smallest absolute Gasteiger partial charge is 0.0594 e. The minimum Gasteiger partial charge on any atom is -0.396 e. The molecule has 2 heterocycles. The molecule has 0 aromatic heterocycles. The minimum absolute atomic E-state index is 0.308. The van der Waals surface area contributed by atoms with Crippen LogP contribution in [0.2, 0.25) is 0 Å². The van der Waals surface area contributed by atoms with Crippen LogP contribution in [0, 0.1) is 11.8 Å². The Kier molecular flexibility index (Phi) is 5.03. The second-order valence-electron chi connectivity index (χ2n) is 4.81. The van der Waals surface area contributed by atoms with Gasteiger partial charge in [-0.2, -0.15) is 0 Å². The zero-order chi connectivity index (χ0) is 11.2. The molecule has 1 atom stereocenters. The van der Waals surface area contributed by atoms with Gasteiger partial charge >= 0.3 is 0 Å². The lowest BCUT2D eigenvalue weighted by atomic mass is 9.86. The third kappa shape index (κ3) is 3.42. The summed E-state index contributed by atoms with van der Waals surface area (Å²) in [5.41, 5.74) is 0. The topological polar surface area (TPSA) is 41.9 Å². The molecule has 4 heteroatoms. The number of aliphatic hydroxyl groups is 1. The summed E-state index contributed by atoms with van der Waals surface area (Å²) in [6, 6.07) is 0. The van der Waals surface area contributed by atoms with E-state index in [1.165, 1.54) is 0 Å². The van der Waals surface area contributed by atoms with E-state index < -0.39 is 0 Å². The van der Waals surface area contributed by atoms with Crippen LogP contribution in [-0.2, 0) is 9.47 Å². The van der Waals surface area contributed by atoms with Crippen molar-refractivity contribution in [1.29, 1.82) is 0 Å². The second kappa shape index (κ2) is 6.55. The molecule has 2 fully saturated rings. The average molecular weight is 229 g/mol. The number of aliphatic hydroxyl groups excluding tert-OH is 1. The lowest BCUT2D eigenvalue weighted by Crippen LogP contribution is -2.42. The van der Waals surface area contributed by atoms with Crippen LogP contribution < -0.4 is 0 Å². The van der Waals surface area contributed by atoms with Gasteiger partial charge in [0.1, 0.15) is 0 Å². The van der Waals surface area contributed by atoms with Crippen molar-refractivity contribution in [1.82, 2.24) is 4.90 Å². The first kappa shape index (κ1) is 12.3. The maximum absolute atomic E-state index is 9.51. The second-order valence-corrected chi connectivity index (χ2v) is 4.81. The first-order chi connectivity index (χ1) is 7.90. The summed E-state index contributed by atoms with van der Waals surface area (Å²) in [6.45, 7) is 6.76. The Bertz CT molecular complexity index is 189. The predicted molar refractivity (Wildman–Crippen MR) is 61.4 cm³/mol. The van der Waals surface area contributed by atoms with Gasteiger partial charge in [0.15, 0.2) is 0 Å². The fourth-order valence-corrected chi connectivity index (χ4v) is 2.66. The summed E-state index contributed by atoms with van der Waals surface area (Å²) in [5.74, 6) is 1.06. The molecule has 0 radical (unpaired) electrons. The van der Waals surface area contributed by atoms with Gasteiger partial charge in [-0.15, -0.1) is 0 Å². The van der Waals surface area contributed by atoms with Gasteiger partial charge in [-0.3, -0.25) is 4.90 Å². The summed E-state index contributed by atoms with van der Waals surface area (Å²) in [4.78, 5) is 2.42. The zero-order valence-electron chi connectivity index (χ0n) is 9.94. The van der Waals surface area contributed by atoms with Gasteiger partial charge in [-0.1, -0.05) is 0 Å². The van der Waals surface area contributed by atoms with Gasteiger partial charge in [0.2, 0.25) is 0 Å². The van der Waals surface area contributed by atoms with Crippen molar-refractivity contribution in [3.63, 3.8) is 0 Å². The number of rotatable bonds is 4. The molecule has 0 amide bonds. The molecule has 4 nitrogen and oxygen atoms in total. The average Bonchev–Trinajstić information content (AvgIpc) is 2.38. The van der Waals surface area contributed by atoms with Crippen molar-refractivity contribution in [3.8, 4) is 0 Å². The minimum atomic E-state index is 0.308. The highest BCUT2D eigenvalue weighted by Gasteiger charge is 2.25. The maximum atomic E-state index is 9.51. The molecule has 2 rings (SSSR count). The van der Waals surface area contributed by atoms with Gasteiger partial charge in [0.05, 0.1) is 13.2 Å². The molecule has 2 aliphatic rings. The van der Waals surface area contributed by atoms with E-state index in [0.29, 0.717) is 18.4 Å². The van der Waals surface area contributed by atoms with Crippen LogP contribution in [0.1, 0.15) is 12.8 Å². The highest BCUT2D eigenvalue weighted by atomic mass is 16.5. The van der Waals surface area contributed by atoms with Gasteiger partial charge < -0.3 is 14.6 Å². The molecule has 0 bridgehead atoms. The lowest BCUT2D eigenvalue weighted by molar-refractivity contribution is -0.00352. The predicted octanol–water partition coefficient (Wildman–Crippen LogP) is 0.354. The largest absolute Gasteiger partial charge is 0.396 e. The molecule has 94 valence electrons.